The summed E-state index contributed by atoms with van der Waals surface area (Å²) in [5, 5.41) is 0. The highest BCUT2D eigenvalue weighted by atomic mass is 32.2. The maximum Gasteiger partial charge on any atom is 0.175 e. The van der Waals surface area contributed by atoms with E-state index in [0.717, 1.165) is 24.0 Å². The highest BCUT2D eigenvalue weighted by molar-refractivity contribution is 7.90. The van der Waals surface area contributed by atoms with Crippen molar-refractivity contribution in [3.05, 3.63) is 65.5 Å². The van der Waals surface area contributed by atoms with E-state index < -0.39 is 9.84 Å². The predicted octanol–water partition coefficient (Wildman–Crippen LogP) is 5.19. The summed E-state index contributed by atoms with van der Waals surface area (Å²) in [6.07, 6.45) is 3.08. The van der Waals surface area contributed by atoms with Crippen molar-refractivity contribution >= 4 is 9.84 Å². The summed E-state index contributed by atoms with van der Waals surface area (Å²) in [6.45, 7) is 6.55. The van der Waals surface area contributed by atoms with Crippen LogP contribution in [0.1, 0.15) is 50.7 Å². The lowest BCUT2D eigenvalue weighted by Crippen LogP contribution is -2.10. The van der Waals surface area contributed by atoms with Crippen LogP contribution < -0.4 is 0 Å². The maximum atomic E-state index is 13.3. The number of benzene rings is 2. The van der Waals surface area contributed by atoms with Gasteiger partial charge in [-0.05, 0) is 53.6 Å². The molecule has 130 valence electrons. The molecule has 0 N–H and O–H groups in total. The fourth-order valence-electron chi connectivity index (χ4n) is 2.76. The molecule has 2 rings (SSSR count). The van der Waals surface area contributed by atoms with Crippen molar-refractivity contribution in [3.8, 4) is 0 Å². The number of hydrogen-bond donors (Lipinski definition) is 0. The molecule has 1 unspecified atom stereocenters. The van der Waals surface area contributed by atoms with E-state index in [1.807, 2.05) is 6.07 Å². The van der Waals surface area contributed by atoms with Gasteiger partial charge in [0, 0.05) is 12.2 Å². The summed E-state index contributed by atoms with van der Waals surface area (Å²) in [5.41, 5.74) is 2.13. The summed E-state index contributed by atoms with van der Waals surface area (Å²) < 4.78 is 37.0. The first-order valence-electron chi connectivity index (χ1n) is 8.12. The molecule has 0 amide bonds. The number of halogens is 1. The van der Waals surface area contributed by atoms with E-state index in [9.17, 15) is 12.8 Å². The van der Waals surface area contributed by atoms with E-state index in [0.29, 0.717) is 4.90 Å². The van der Waals surface area contributed by atoms with E-state index in [1.54, 1.807) is 30.3 Å². The second-order valence-corrected chi connectivity index (χ2v) is 9.56. The van der Waals surface area contributed by atoms with Crippen LogP contribution in [0.4, 0.5) is 4.39 Å². The van der Waals surface area contributed by atoms with Crippen molar-refractivity contribution in [3.63, 3.8) is 0 Å². The van der Waals surface area contributed by atoms with Crippen LogP contribution in [0.3, 0.4) is 0 Å². The molecule has 0 radical (unpaired) electrons. The van der Waals surface area contributed by atoms with Crippen LogP contribution in [0.15, 0.2) is 53.4 Å². The van der Waals surface area contributed by atoms with Crippen LogP contribution in [-0.2, 0) is 9.84 Å². The quantitative estimate of drug-likeness (QED) is 0.745. The summed E-state index contributed by atoms with van der Waals surface area (Å²) in [7, 11) is -3.25. The predicted molar refractivity (Wildman–Crippen MR) is 96.5 cm³/mol. The molecular weight excluding hydrogens is 323 g/mol. The van der Waals surface area contributed by atoms with E-state index in [-0.39, 0.29) is 17.2 Å². The third-order valence-corrected chi connectivity index (χ3v) is 5.25. The third kappa shape index (κ3) is 5.17. The molecule has 2 nitrogen and oxygen atoms in total. The molecule has 2 aromatic carbocycles. The number of rotatable bonds is 5. The van der Waals surface area contributed by atoms with Gasteiger partial charge < -0.3 is 0 Å². The molecule has 0 heterocycles. The fraction of sp³-hybridized carbons (Fsp3) is 0.400. The summed E-state index contributed by atoms with van der Waals surface area (Å²) >= 11 is 0. The Kier molecular flexibility index (Phi) is 5.49. The van der Waals surface area contributed by atoms with Crippen LogP contribution in [0.2, 0.25) is 0 Å². The van der Waals surface area contributed by atoms with Gasteiger partial charge in [0.15, 0.2) is 9.84 Å². The van der Waals surface area contributed by atoms with Gasteiger partial charge in [-0.3, -0.25) is 0 Å². The summed E-state index contributed by atoms with van der Waals surface area (Å²) in [6, 6.07) is 13.6. The van der Waals surface area contributed by atoms with Crippen LogP contribution in [0, 0.1) is 11.2 Å². The van der Waals surface area contributed by atoms with E-state index in [1.165, 1.54) is 18.4 Å². The molecule has 0 aromatic heterocycles. The molecule has 0 spiro atoms. The highest BCUT2D eigenvalue weighted by Crippen LogP contribution is 2.34. The van der Waals surface area contributed by atoms with E-state index in [4.69, 9.17) is 0 Å². The first-order chi connectivity index (χ1) is 11.1. The lowest BCUT2D eigenvalue weighted by Gasteiger charge is -2.24. The van der Waals surface area contributed by atoms with Gasteiger partial charge in [0.1, 0.15) is 5.82 Å². The second-order valence-electron chi connectivity index (χ2n) is 7.55. The van der Waals surface area contributed by atoms with Crippen LogP contribution in [-0.4, -0.2) is 14.7 Å². The fourth-order valence-corrected chi connectivity index (χ4v) is 3.44. The molecule has 0 saturated heterocycles. The lowest BCUT2D eigenvalue weighted by atomic mass is 9.81. The Morgan fingerprint density at radius 1 is 1.00 bits per heavy atom. The Hall–Kier alpha value is -1.68. The minimum absolute atomic E-state index is 0.0477. The minimum atomic E-state index is -3.25. The molecule has 0 aliphatic heterocycles. The average molecular weight is 348 g/mol. The van der Waals surface area contributed by atoms with Crippen molar-refractivity contribution < 1.29 is 12.8 Å². The SMILES string of the molecule is CC(C)(C)CCC(c1ccc(F)cc1)c1cccc(S(C)(=O)=O)c1. The van der Waals surface area contributed by atoms with Gasteiger partial charge in [0.25, 0.3) is 0 Å². The molecule has 0 aliphatic carbocycles. The monoisotopic (exact) mass is 348 g/mol. The summed E-state index contributed by atoms with van der Waals surface area (Å²) in [5.74, 6) is -0.218. The Bertz CT molecular complexity index is 787. The minimum Gasteiger partial charge on any atom is -0.224 e. The molecule has 4 heteroatoms. The molecule has 0 saturated carbocycles. The van der Waals surface area contributed by atoms with Gasteiger partial charge in [-0.15, -0.1) is 0 Å². The van der Waals surface area contributed by atoms with Gasteiger partial charge in [-0.1, -0.05) is 45.0 Å². The Morgan fingerprint density at radius 2 is 1.62 bits per heavy atom. The smallest absolute Gasteiger partial charge is 0.175 e. The van der Waals surface area contributed by atoms with Gasteiger partial charge in [-0.25, -0.2) is 12.8 Å². The summed E-state index contributed by atoms with van der Waals surface area (Å²) in [4.78, 5) is 0.322. The zero-order chi connectivity index (χ0) is 18.0. The Balaban J connectivity index is 2.44. The third-order valence-electron chi connectivity index (χ3n) is 4.14. The van der Waals surface area contributed by atoms with E-state index >= 15 is 0 Å². The first-order valence-corrected chi connectivity index (χ1v) is 10.0. The van der Waals surface area contributed by atoms with Crippen LogP contribution >= 0.6 is 0 Å². The van der Waals surface area contributed by atoms with Crippen molar-refractivity contribution in [1.82, 2.24) is 0 Å². The molecule has 0 aliphatic rings. The maximum absolute atomic E-state index is 13.3. The van der Waals surface area contributed by atoms with Gasteiger partial charge in [0.2, 0.25) is 0 Å². The van der Waals surface area contributed by atoms with Crippen LogP contribution in [0.25, 0.3) is 0 Å². The van der Waals surface area contributed by atoms with Gasteiger partial charge >= 0.3 is 0 Å². The van der Waals surface area contributed by atoms with Crippen molar-refractivity contribution in [2.24, 2.45) is 5.41 Å². The van der Waals surface area contributed by atoms with Gasteiger partial charge in [0.05, 0.1) is 4.90 Å². The molecule has 2 aromatic rings. The Labute approximate surface area is 144 Å². The zero-order valence-electron chi connectivity index (χ0n) is 14.7. The molecule has 0 fully saturated rings. The van der Waals surface area contributed by atoms with E-state index in [2.05, 4.69) is 20.8 Å². The van der Waals surface area contributed by atoms with Crippen LogP contribution in [0.5, 0.6) is 0 Å². The normalized spacial score (nSPS) is 13.7. The lowest BCUT2D eigenvalue weighted by molar-refractivity contribution is 0.356. The zero-order valence-corrected chi connectivity index (χ0v) is 15.5. The van der Waals surface area contributed by atoms with Crippen molar-refractivity contribution in [2.45, 2.75) is 44.4 Å². The molecule has 0 bridgehead atoms. The number of sulfone groups is 1. The topological polar surface area (TPSA) is 34.1 Å². The van der Waals surface area contributed by atoms with Crippen molar-refractivity contribution in [2.75, 3.05) is 6.26 Å². The average Bonchev–Trinajstić information content (AvgIpc) is 2.47. The second kappa shape index (κ2) is 7.06. The molecule has 1 atom stereocenters. The molecule has 24 heavy (non-hydrogen) atoms. The largest absolute Gasteiger partial charge is 0.224 e. The van der Waals surface area contributed by atoms with Crippen molar-refractivity contribution in [1.29, 1.82) is 0 Å². The highest BCUT2D eigenvalue weighted by Gasteiger charge is 2.20. The molecular formula is C20H25FO2S. The standard InChI is InChI=1S/C20H25FO2S/c1-20(2,3)13-12-19(15-8-10-17(21)11-9-15)16-6-5-7-18(14-16)24(4,22)23/h5-11,14,19H,12-13H2,1-4H3. The first kappa shape index (κ1) is 18.7. The van der Waals surface area contributed by atoms with Gasteiger partial charge in [-0.2, -0.15) is 0 Å². The number of hydrogen-bond acceptors (Lipinski definition) is 2. The Morgan fingerprint density at radius 3 is 2.17 bits per heavy atom.